The van der Waals surface area contributed by atoms with E-state index in [2.05, 4.69) is 17.9 Å². The molecule has 0 N–H and O–H groups in total. The second-order valence-corrected chi connectivity index (χ2v) is 10.7. The highest BCUT2D eigenvalue weighted by Crippen LogP contribution is 2.36. The molecule has 0 atom stereocenters. The summed E-state index contributed by atoms with van der Waals surface area (Å²) in [6.45, 7) is 9.15. The van der Waals surface area contributed by atoms with Gasteiger partial charge >= 0.3 is 0 Å². The maximum Gasteiger partial charge on any atom is 0.270 e. The van der Waals surface area contributed by atoms with Gasteiger partial charge in [-0.25, -0.2) is 0 Å². The summed E-state index contributed by atoms with van der Waals surface area (Å²) < 4.78 is 7.76. The molecule has 0 unspecified atom stereocenters. The van der Waals surface area contributed by atoms with Crippen LogP contribution in [0, 0.1) is 25.2 Å². The second-order valence-electron chi connectivity index (χ2n) is 9.01. The van der Waals surface area contributed by atoms with E-state index < -0.39 is 0 Å². The standard InChI is InChI=1S/C27H30N4O3S2/c1-4-5-10-30-24(29-11-13-34-14-12-29)21(19(3)22(16-28)25(30)32)15-23-26(33)31(27(35)36-23)17-20-8-6-18(2)7-9-20/h6-9,15H,4-5,10-14,17H2,1-3H3/b23-15-. The predicted octanol–water partition coefficient (Wildman–Crippen LogP) is 4.37. The summed E-state index contributed by atoms with van der Waals surface area (Å²) in [4.78, 5) is 31.0. The minimum Gasteiger partial charge on any atom is -0.378 e. The van der Waals surface area contributed by atoms with Gasteiger partial charge in [0.05, 0.1) is 24.7 Å². The van der Waals surface area contributed by atoms with Crippen molar-refractivity contribution in [2.45, 2.75) is 46.7 Å². The first-order valence-corrected chi connectivity index (χ1v) is 13.4. The highest BCUT2D eigenvalue weighted by Gasteiger charge is 2.33. The number of aryl methyl sites for hydroxylation is 1. The highest BCUT2D eigenvalue weighted by molar-refractivity contribution is 8.26. The molecule has 0 radical (unpaired) electrons. The number of rotatable bonds is 7. The van der Waals surface area contributed by atoms with Gasteiger partial charge in [-0.05, 0) is 37.5 Å². The van der Waals surface area contributed by atoms with Crippen LogP contribution in [0.4, 0.5) is 5.82 Å². The van der Waals surface area contributed by atoms with Crippen molar-refractivity contribution in [1.29, 1.82) is 5.26 Å². The number of morpholine rings is 1. The topological polar surface area (TPSA) is 78.6 Å². The Kier molecular flexibility index (Phi) is 8.29. The van der Waals surface area contributed by atoms with Gasteiger partial charge in [0.2, 0.25) is 0 Å². The summed E-state index contributed by atoms with van der Waals surface area (Å²) in [5, 5.41) is 9.84. The molecule has 0 aliphatic carbocycles. The van der Waals surface area contributed by atoms with Crippen molar-refractivity contribution < 1.29 is 9.53 Å². The molecule has 0 saturated carbocycles. The van der Waals surface area contributed by atoms with Gasteiger partial charge in [0.15, 0.2) is 0 Å². The van der Waals surface area contributed by atoms with E-state index in [0.717, 1.165) is 35.3 Å². The number of pyridine rings is 1. The van der Waals surface area contributed by atoms with Gasteiger partial charge in [-0.15, -0.1) is 0 Å². The number of ether oxygens (including phenoxy) is 1. The SMILES string of the molecule is CCCCn1c(N2CCOCC2)c(/C=C2\SC(=S)N(Cc3ccc(C)cc3)C2=O)c(C)c(C#N)c1=O. The van der Waals surface area contributed by atoms with Crippen LogP contribution in [0.5, 0.6) is 0 Å². The van der Waals surface area contributed by atoms with Crippen LogP contribution >= 0.6 is 24.0 Å². The lowest BCUT2D eigenvalue weighted by Gasteiger charge is -2.33. The molecule has 4 rings (SSSR count). The number of hydrogen-bond acceptors (Lipinski definition) is 7. The van der Waals surface area contributed by atoms with Gasteiger partial charge in [0.25, 0.3) is 11.5 Å². The number of nitriles is 1. The number of aromatic nitrogens is 1. The Labute approximate surface area is 221 Å². The first-order valence-electron chi connectivity index (χ1n) is 12.2. The number of carbonyl (C=O) groups excluding carboxylic acids is 1. The number of thioether (sulfide) groups is 1. The van der Waals surface area contributed by atoms with E-state index in [1.54, 1.807) is 16.4 Å². The number of carbonyl (C=O) groups is 1. The fourth-order valence-corrected chi connectivity index (χ4v) is 5.66. The molecule has 7 nitrogen and oxygen atoms in total. The van der Waals surface area contributed by atoms with Crippen LogP contribution in [0.25, 0.3) is 6.08 Å². The Morgan fingerprint density at radius 1 is 1.17 bits per heavy atom. The Morgan fingerprint density at radius 2 is 1.86 bits per heavy atom. The van der Waals surface area contributed by atoms with Crippen LogP contribution in [0.2, 0.25) is 0 Å². The van der Waals surface area contributed by atoms with Gasteiger partial charge < -0.3 is 9.64 Å². The summed E-state index contributed by atoms with van der Waals surface area (Å²) in [5.74, 6) is 0.583. The third-order valence-electron chi connectivity index (χ3n) is 6.50. The first-order chi connectivity index (χ1) is 17.3. The van der Waals surface area contributed by atoms with E-state index in [9.17, 15) is 14.9 Å². The molecule has 1 aromatic carbocycles. The van der Waals surface area contributed by atoms with Crippen LogP contribution in [0.15, 0.2) is 34.0 Å². The summed E-state index contributed by atoms with van der Waals surface area (Å²) >= 11 is 6.83. The van der Waals surface area contributed by atoms with Crippen LogP contribution < -0.4 is 10.5 Å². The molecule has 0 bridgehead atoms. The van der Waals surface area contributed by atoms with E-state index in [0.29, 0.717) is 54.2 Å². The molecule has 36 heavy (non-hydrogen) atoms. The number of amides is 1. The van der Waals surface area contributed by atoms with E-state index in [1.165, 1.54) is 11.8 Å². The van der Waals surface area contributed by atoms with E-state index in [1.807, 2.05) is 37.3 Å². The van der Waals surface area contributed by atoms with Crippen LogP contribution in [-0.4, -0.2) is 46.0 Å². The maximum absolute atomic E-state index is 13.5. The molecule has 9 heteroatoms. The fraction of sp³-hybridized carbons (Fsp3) is 0.407. The summed E-state index contributed by atoms with van der Waals surface area (Å²) in [7, 11) is 0. The molecule has 188 valence electrons. The molecule has 1 amide bonds. The van der Waals surface area contributed by atoms with Crippen LogP contribution in [0.1, 0.15) is 47.6 Å². The number of thiocarbonyl (C=S) groups is 1. The van der Waals surface area contributed by atoms with Crippen LogP contribution in [-0.2, 0) is 22.6 Å². The largest absolute Gasteiger partial charge is 0.378 e. The first kappa shape index (κ1) is 26.1. The van der Waals surface area contributed by atoms with Crippen molar-refractivity contribution in [3.05, 3.63) is 67.3 Å². The van der Waals surface area contributed by atoms with Gasteiger partial charge in [-0.1, -0.05) is 67.2 Å². The number of benzene rings is 1. The molecule has 3 heterocycles. The maximum atomic E-state index is 13.5. The van der Waals surface area contributed by atoms with Crippen molar-refractivity contribution in [2.24, 2.45) is 0 Å². The van der Waals surface area contributed by atoms with Crippen molar-refractivity contribution in [3.8, 4) is 6.07 Å². The van der Waals surface area contributed by atoms with Gasteiger partial charge in [0, 0.05) is 25.2 Å². The van der Waals surface area contributed by atoms with Crippen molar-refractivity contribution in [3.63, 3.8) is 0 Å². The molecule has 2 aliphatic rings. The fourth-order valence-electron chi connectivity index (χ4n) is 4.43. The zero-order chi connectivity index (χ0) is 25.8. The van der Waals surface area contributed by atoms with E-state index in [-0.39, 0.29) is 17.0 Å². The third kappa shape index (κ3) is 5.26. The Morgan fingerprint density at radius 3 is 2.50 bits per heavy atom. The lowest BCUT2D eigenvalue weighted by Crippen LogP contribution is -2.41. The zero-order valence-corrected chi connectivity index (χ0v) is 22.5. The second kappa shape index (κ2) is 11.4. The smallest absolute Gasteiger partial charge is 0.270 e. The molecule has 2 fully saturated rings. The van der Waals surface area contributed by atoms with Gasteiger partial charge in [-0.2, -0.15) is 5.26 Å². The summed E-state index contributed by atoms with van der Waals surface area (Å²) in [6.07, 6.45) is 3.54. The minimum atomic E-state index is -0.283. The number of nitrogens with zero attached hydrogens (tertiary/aromatic N) is 4. The lowest BCUT2D eigenvalue weighted by molar-refractivity contribution is -0.122. The lowest BCUT2D eigenvalue weighted by atomic mass is 10.0. The van der Waals surface area contributed by atoms with E-state index >= 15 is 0 Å². The van der Waals surface area contributed by atoms with Crippen LogP contribution in [0.3, 0.4) is 0 Å². The zero-order valence-electron chi connectivity index (χ0n) is 20.9. The molecule has 2 aromatic rings. The molecule has 0 spiro atoms. The molecule has 2 aliphatic heterocycles. The number of anilines is 1. The Bertz CT molecular complexity index is 1300. The third-order valence-corrected chi connectivity index (χ3v) is 7.88. The minimum absolute atomic E-state index is 0.115. The predicted molar refractivity (Wildman–Crippen MR) is 148 cm³/mol. The average Bonchev–Trinajstić information content (AvgIpc) is 3.14. The number of unbranched alkanes of at least 4 members (excludes halogenated alkanes) is 1. The van der Waals surface area contributed by atoms with Gasteiger partial charge in [-0.3, -0.25) is 19.1 Å². The van der Waals surface area contributed by atoms with Gasteiger partial charge in [0.1, 0.15) is 21.8 Å². The monoisotopic (exact) mass is 522 g/mol. The van der Waals surface area contributed by atoms with Crippen molar-refractivity contribution in [2.75, 3.05) is 31.2 Å². The quantitative estimate of drug-likeness (QED) is 0.395. The molecular formula is C27H30N4O3S2. The summed E-state index contributed by atoms with van der Waals surface area (Å²) in [6, 6.07) is 10.1. The molecular weight excluding hydrogens is 492 g/mol. The number of hydrogen-bond donors (Lipinski definition) is 0. The Balaban J connectivity index is 1.80. The Hall–Kier alpha value is -2.93. The normalized spacial score (nSPS) is 17.2. The average molecular weight is 523 g/mol. The highest BCUT2D eigenvalue weighted by atomic mass is 32.2. The van der Waals surface area contributed by atoms with Crippen molar-refractivity contribution >= 4 is 46.1 Å². The van der Waals surface area contributed by atoms with Crippen molar-refractivity contribution in [1.82, 2.24) is 9.47 Å². The molecule has 2 saturated heterocycles. The van der Waals surface area contributed by atoms with E-state index in [4.69, 9.17) is 17.0 Å². The summed E-state index contributed by atoms with van der Waals surface area (Å²) in [5.41, 5.74) is 3.30. The molecule has 1 aromatic heterocycles.